The van der Waals surface area contributed by atoms with Gasteiger partial charge >= 0.3 is 18.3 Å². The molecule has 1 aromatic heterocycles. The summed E-state index contributed by atoms with van der Waals surface area (Å²) in [6.07, 6.45) is 10.7. The molecule has 260 valence electrons. The van der Waals surface area contributed by atoms with E-state index >= 15 is 4.39 Å². The molecule has 0 aliphatic heterocycles. The highest BCUT2D eigenvalue weighted by molar-refractivity contribution is 6.36. The molecule has 2 fully saturated rings. The number of terminal acetylenes is 2. The van der Waals surface area contributed by atoms with Gasteiger partial charge in [0.1, 0.15) is 17.3 Å². The Morgan fingerprint density at radius 3 is 2.29 bits per heavy atom. The summed E-state index contributed by atoms with van der Waals surface area (Å²) in [4.78, 5) is 47.4. The average Bonchev–Trinajstić information content (AvgIpc) is 3.85. The third kappa shape index (κ3) is 10.1. The Kier molecular flexibility index (Phi) is 13.3. The molecule has 1 aromatic carbocycles. The number of fused-ring (bicyclic) bond motifs is 1. The van der Waals surface area contributed by atoms with Gasteiger partial charge in [-0.15, -0.1) is 24.7 Å². The Hall–Kier alpha value is -4.27. The molecule has 15 heteroatoms. The van der Waals surface area contributed by atoms with E-state index in [1.165, 1.54) is 13.1 Å². The number of alkyl halides is 3. The Morgan fingerprint density at radius 2 is 1.73 bits per heavy atom. The Bertz CT molecular complexity index is 1640. The number of aliphatic carboxylic acids is 1. The standard InChI is InChI=1S/C31H34ClFN2O6.C2HF3O2/c1-4-8-19(9-5-2)17-39-31(38)41-18(3)40-30(37)24-16-35(22-12-13-22)28-23(29(24)36)15-25(33)26(27(28)32)20-10-6-7-11-21(34)14-20;3-2(4,5)1(6)7/h1-2,15-16,18-22H,6-14,17,34H2,3H3;(H,6,7)/p-1/t18?,20?,21-;/m1./s1. The van der Waals surface area contributed by atoms with E-state index < -0.39 is 41.8 Å². The maximum absolute atomic E-state index is 15.6. The molecule has 2 aliphatic carbocycles. The van der Waals surface area contributed by atoms with Crippen LogP contribution in [0.2, 0.25) is 5.02 Å². The van der Waals surface area contributed by atoms with Gasteiger partial charge in [0.25, 0.3) is 0 Å². The summed E-state index contributed by atoms with van der Waals surface area (Å²) in [5.41, 5.74) is 5.95. The summed E-state index contributed by atoms with van der Waals surface area (Å²) in [5, 5.41) is 8.94. The van der Waals surface area contributed by atoms with Crippen molar-refractivity contribution in [2.75, 3.05) is 6.61 Å². The fourth-order valence-electron chi connectivity index (χ4n) is 5.39. The topological polar surface area (TPSA) is 150 Å². The zero-order valence-electron chi connectivity index (χ0n) is 25.9. The Morgan fingerprint density at radius 1 is 1.12 bits per heavy atom. The van der Waals surface area contributed by atoms with Crippen LogP contribution in [0.3, 0.4) is 0 Å². The largest absolute Gasteiger partial charge is 0.542 e. The van der Waals surface area contributed by atoms with Crippen LogP contribution in [0.5, 0.6) is 0 Å². The van der Waals surface area contributed by atoms with Crippen molar-refractivity contribution in [3.05, 3.63) is 44.5 Å². The lowest BCUT2D eigenvalue weighted by Gasteiger charge is -2.22. The molecule has 0 bridgehead atoms. The zero-order chi connectivity index (χ0) is 35.8. The molecule has 0 saturated heterocycles. The quantitative estimate of drug-likeness (QED) is 0.124. The normalized spacial score (nSPS) is 18.4. The van der Waals surface area contributed by atoms with Crippen LogP contribution in [0, 0.1) is 36.4 Å². The molecule has 1 heterocycles. The molecule has 2 saturated carbocycles. The lowest BCUT2D eigenvalue weighted by molar-refractivity contribution is -0.344. The van der Waals surface area contributed by atoms with E-state index in [1.54, 1.807) is 4.57 Å². The van der Waals surface area contributed by atoms with Crippen molar-refractivity contribution >= 4 is 40.6 Å². The van der Waals surface area contributed by atoms with Gasteiger partial charge in [-0.1, -0.05) is 24.4 Å². The first-order chi connectivity index (χ1) is 22.6. The number of nitrogens with two attached hydrogens (primary N) is 1. The maximum Gasteiger partial charge on any atom is 0.511 e. The molecule has 10 nitrogen and oxygen atoms in total. The fourth-order valence-corrected chi connectivity index (χ4v) is 5.84. The van der Waals surface area contributed by atoms with Gasteiger partial charge in [0.2, 0.25) is 11.7 Å². The van der Waals surface area contributed by atoms with Crippen molar-refractivity contribution in [3.63, 3.8) is 0 Å². The number of carboxylic acids is 1. The number of carbonyl (C=O) groups is 3. The highest BCUT2D eigenvalue weighted by atomic mass is 35.5. The smallest absolute Gasteiger partial charge is 0.511 e. The van der Waals surface area contributed by atoms with Gasteiger partial charge in [-0.3, -0.25) is 4.79 Å². The summed E-state index contributed by atoms with van der Waals surface area (Å²) in [6, 6.07) is 1.11. The first-order valence-electron chi connectivity index (χ1n) is 15.1. The van der Waals surface area contributed by atoms with Crippen molar-refractivity contribution in [1.82, 2.24) is 4.57 Å². The van der Waals surface area contributed by atoms with Gasteiger partial charge in [-0.25, -0.2) is 14.0 Å². The third-order valence-electron chi connectivity index (χ3n) is 7.79. The average molecular weight is 698 g/mol. The van der Waals surface area contributed by atoms with E-state index in [2.05, 4.69) is 11.8 Å². The monoisotopic (exact) mass is 697 g/mol. The van der Waals surface area contributed by atoms with Gasteiger partial charge in [0.15, 0.2) is 0 Å². The summed E-state index contributed by atoms with van der Waals surface area (Å²) in [5.74, 6) is -0.110. The number of rotatable bonds is 9. The van der Waals surface area contributed by atoms with Gasteiger partial charge in [0.05, 0.1) is 22.5 Å². The summed E-state index contributed by atoms with van der Waals surface area (Å²) >= 11 is 6.85. The number of pyridine rings is 1. The van der Waals surface area contributed by atoms with E-state index in [0.717, 1.165) is 44.6 Å². The molecule has 2 aliphatic rings. The highest BCUT2D eigenvalue weighted by Gasteiger charge is 2.33. The van der Waals surface area contributed by atoms with Crippen LogP contribution in [0.25, 0.3) is 10.9 Å². The van der Waals surface area contributed by atoms with Crippen LogP contribution in [0.15, 0.2) is 17.1 Å². The SMILES string of the molecule is C#CCC(CC#C)COC(=O)OC(C)OC(=O)c1cn(C2CC2)c2c(Cl)c(C3CCCC[C@@H](N)C3)c(F)cc2c1=O.O=C([O-])C(F)(F)F. The zero-order valence-corrected chi connectivity index (χ0v) is 26.7. The number of ether oxygens (including phenoxy) is 3. The third-order valence-corrected chi connectivity index (χ3v) is 8.18. The molecule has 0 amide bonds. The Balaban J connectivity index is 0.000000804. The number of nitrogens with zero attached hydrogens (tertiary/aromatic N) is 1. The number of aromatic nitrogens is 1. The second kappa shape index (κ2) is 16.7. The van der Waals surface area contributed by atoms with Crippen molar-refractivity contribution in [2.45, 2.75) is 95.2 Å². The molecule has 48 heavy (non-hydrogen) atoms. The molecule has 2 N–H and O–H groups in total. The molecule has 4 rings (SSSR count). The van der Waals surface area contributed by atoms with Gasteiger partial charge in [-0.2, -0.15) is 13.2 Å². The molecule has 3 atom stereocenters. The number of carbonyl (C=O) groups excluding carboxylic acids is 3. The molecule has 2 unspecified atom stereocenters. The number of benzene rings is 1. The van der Waals surface area contributed by atoms with E-state index in [1.807, 2.05) is 0 Å². The molecule has 2 aromatic rings. The van der Waals surface area contributed by atoms with E-state index in [-0.39, 0.29) is 46.5 Å². The Labute approximate surface area is 278 Å². The second-order valence-corrected chi connectivity index (χ2v) is 12.0. The molecule has 0 radical (unpaired) electrons. The van der Waals surface area contributed by atoms with E-state index in [0.29, 0.717) is 30.3 Å². The number of carboxylic acid groups (broad SMARTS) is 1. The maximum atomic E-state index is 15.6. The first-order valence-corrected chi connectivity index (χ1v) is 15.5. The van der Waals surface area contributed by atoms with Crippen molar-refractivity contribution in [3.8, 4) is 24.7 Å². The lowest BCUT2D eigenvalue weighted by atomic mass is 9.89. The van der Waals surface area contributed by atoms with Crippen LogP contribution >= 0.6 is 11.6 Å². The van der Waals surface area contributed by atoms with Crippen molar-refractivity contribution < 1.29 is 51.3 Å². The minimum Gasteiger partial charge on any atom is -0.542 e. The summed E-state index contributed by atoms with van der Waals surface area (Å²) in [7, 11) is 0. The van der Waals surface area contributed by atoms with Gasteiger partial charge in [-0.05, 0) is 44.1 Å². The van der Waals surface area contributed by atoms with Crippen molar-refractivity contribution in [1.29, 1.82) is 0 Å². The van der Waals surface area contributed by atoms with Crippen LogP contribution < -0.4 is 16.3 Å². The number of esters is 1. The minimum atomic E-state index is -5.19. The van der Waals surface area contributed by atoms with Crippen molar-refractivity contribution in [2.24, 2.45) is 11.7 Å². The molecule has 0 spiro atoms. The van der Waals surface area contributed by atoms with Crippen LogP contribution in [0.4, 0.5) is 22.4 Å². The first kappa shape index (κ1) is 38.2. The molecular weight excluding hydrogens is 664 g/mol. The molecular formula is C33H34ClF4N2O8-. The number of hydrogen-bond donors (Lipinski definition) is 1. The van der Waals surface area contributed by atoms with Crippen LogP contribution in [-0.4, -0.2) is 47.8 Å². The predicted octanol–water partition coefficient (Wildman–Crippen LogP) is 5.12. The highest BCUT2D eigenvalue weighted by Crippen LogP contribution is 2.43. The van der Waals surface area contributed by atoms with E-state index in [9.17, 15) is 27.6 Å². The number of hydrogen-bond acceptors (Lipinski definition) is 9. The lowest BCUT2D eigenvalue weighted by Crippen LogP contribution is -2.37. The van der Waals surface area contributed by atoms with Crippen LogP contribution in [-0.2, 0) is 19.0 Å². The summed E-state index contributed by atoms with van der Waals surface area (Å²) in [6.45, 7) is 1.24. The van der Waals surface area contributed by atoms with E-state index in [4.69, 9.17) is 54.3 Å². The second-order valence-electron chi connectivity index (χ2n) is 11.6. The number of halogens is 5. The van der Waals surface area contributed by atoms with Crippen LogP contribution in [0.1, 0.15) is 92.6 Å². The fraction of sp³-hybridized carbons (Fsp3) is 0.515. The predicted molar refractivity (Wildman–Crippen MR) is 164 cm³/mol. The van der Waals surface area contributed by atoms with Gasteiger partial charge < -0.3 is 34.4 Å². The summed E-state index contributed by atoms with van der Waals surface area (Å²) < 4.78 is 64.1. The minimum absolute atomic E-state index is 0.000491. The van der Waals surface area contributed by atoms with Gasteiger partial charge in [0, 0.05) is 49.5 Å².